The molecule has 0 fully saturated rings. The van der Waals surface area contributed by atoms with Crippen molar-refractivity contribution in [2.45, 2.75) is 49.4 Å². The van der Waals surface area contributed by atoms with Gasteiger partial charge in [0, 0.05) is 42.5 Å². The van der Waals surface area contributed by atoms with Crippen LogP contribution in [0, 0.1) is 0 Å². The summed E-state index contributed by atoms with van der Waals surface area (Å²) in [4.78, 5) is 13.4. The minimum Gasteiger partial charge on any atom is -0.478 e. The molecule has 0 bridgehead atoms. The number of nitrogens with zero attached hydrogens (tertiary/aromatic N) is 2. The maximum absolute atomic E-state index is 14.1. The van der Waals surface area contributed by atoms with E-state index in [2.05, 4.69) is 0 Å². The van der Waals surface area contributed by atoms with E-state index < -0.39 is 34.3 Å². The second-order valence-electron chi connectivity index (χ2n) is 9.73. The quantitative estimate of drug-likeness (QED) is 0.390. The number of anilines is 2. The summed E-state index contributed by atoms with van der Waals surface area (Å²) in [5.74, 6) is -1.48. The first-order chi connectivity index (χ1) is 18.4. The van der Waals surface area contributed by atoms with Gasteiger partial charge < -0.3 is 14.7 Å². The van der Waals surface area contributed by atoms with Gasteiger partial charge in [0.05, 0.1) is 11.3 Å². The average molecular weight is 561 g/mol. The van der Waals surface area contributed by atoms with Crippen LogP contribution in [-0.4, -0.2) is 49.6 Å². The minimum atomic E-state index is -4.79. The van der Waals surface area contributed by atoms with Crippen molar-refractivity contribution in [1.82, 2.24) is 4.31 Å². The van der Waals surface area contributed by atoms with Crippen LogP contribution in [0.5, 0.6) is 5.75 Å². The van der Waals surface area contributed by atoms with Gasteiger partial charge in [-0.1, -0.05) is 44.0 Å². The van der Waals surface area contributed by atoms with Crippen LogP contribution >= 0.6 is 0 Å². The number of aromatic carboxylic acids is 1. The fourth-order valence-electron chi connectivity index (χ4n) is 5.20. The van der Waals surface area contributed by atoms with E-state index >= 15 is 0 Å². The Morgan fingerprint density at radius 3 is 2.44 bits per heavy atom. The van der Waals surface area contributed by atoms with E-state index in [1.54, 1.807) is 17.0 Å². The zero-order chi connectivity index (χ0) is 28.1. The molecular formula is C28H27F3N2O5S. The molecular weight excluding hydrogens is 533 g/mol. The number of likely N-dealkylation sites (N-methyl/N-ethyl adjacent to an activating group) is 1. The molecule has 0 amide bonds. The van der Waals surface area contributed by atoms with Crippen LogP contribution < -0.4 is 9.64 Å². The Morgan fingerprint density at radius 1 is 1.08 bits per heavy atom. The highest BCUT2D eigenvalue weighted by atomic mass is 32.2. The Balaban J connectivity index is 1.78. The summed E-state index contributed by atoms with van der Waals surface area (Å²) in [5.41, 5.74) is 0.441. The molecule has 7 nitrogen and oxygen atoms in total. The van der Waals surface area contributed by atoms with Gasteiger partial charge in [-0.15, -0.1) is 0 Å². The van der Waals surface area contributed by atoms with Gasteiger partial charge >= 0.3 is 12.1 Å². The molecule has 3 aromatic rings. The molecule has 11 heteroatoms. The average Bonchev–Trinajstić information content (AvgIpc) is 2.98. The smallest absolute Gasteiger partial charge is 0.429 e. The number of ether oxygens (including phenoxy) is 1. The number of fused-ring (bicyclic) bond motifs is 4. The molecule has 0 spiro atoms. The predicted octanol–water partition coefficient (Wildman–Crippen LogP) is 6.38. The number of sulfonamides is 1. The number of rotatable bonds is 5. The van der Waals surface area contributed by atoms with Crippen LogP contribution in [0.4, 0.5) is 24.5 Å². The summed E-state index contributed by atoms with van der Waals surface area (Å²) in [7, 11) is -2.57. The zero-order valence-electron chi connectivity index (χ0n) is 21.3. The SMILES string of the molecule is CCCC[C@@H]1CN(c2ccccc2)c2cc3c(cc2S(=O)(=O)N1C)-c1cc(C(=O)O)ccc1[C@H](C(F)(F)F)O3. The van der Waals surface area contributed by atoms with Crippen LogP contribution in [0.2, 0.25) is 0 Å². The van der Waals surface area contributed by atoms with Crippen LogP contribution in [0.1, 0.15) is 48.2 Å². The number of hydrogen-bond acceptors (Lipinski definition) is 5. The maximum atomic E-state index is 14.1. The van der Waals surface area contributed by atoms with Crippen molar-refractivity contribution in [3.05, 3.63) is 71.8 Å². The molecule has 0 saturated heterocycles. The molecule has 0 radical (unpaired) electrons. The van der Waals surface area contributed by atoms with E-state index in [1.807, 2.05) is 25.1 Å². The number of hydrogen-bond donors (Lipinski definition) is 1. The van der Waals surface area contributed by atoms with Gasteiger partial charge in [0.1, 0.15) is 10.6 Å². The standard InChI is InChI=1S/C28H27F3N2O5S/c1-3-4-8-19-16-33(18-9-6-5-7-10-18)23-15-24-22(14-25(23)39(36,37)32(19)2)21-13-17(27(34)35)11-12-20(21)26(38-24)28(29,30)31/h5-7,9-15,19,26H,3-4,8,16H2,1-2H3,(H,34,35)/t19-,26-/m1/s1. The third kappa shape index (κ3) is 4.74. The summed E-state index contributed by atoms with van der Waals surface area (Å²) in [6, 6.07) is 14.6. The van der Waals surface area contributed by atoms with E-state index in [-0.39, 0.29) is 45.1 Å². The van der Waals surface area contributed by atoms with Gasteiger partial charge in [-0.2, -0.15) is 17.5 Å². The summed E-state index contributed by atoms with van der Waals surface area (Å²) in [6.07, 6.45) is -4.87. The first-order valence-corrected chi connectivity index (χ1v) is 14.0. The van der Waals surface area contributed by atoms with Crippen molar-refractivity contribution < 1.29 is 36.2 Å². The summed E-state index contributed by atoms with van der Waals surface area (Å²) < 4.78 is 77.1. The number of carbonyl (C=O) groups is 1. The first kappa shape index (κ1) is 27.0. The van der Waals surface area contributed by atoms with Crippen LogP contribution in [-0.2, 0) is 10.0 Å². The number of para-hydroxylation sites is 1. The number of unbranched alkanes of at least 4 members (excludes halogenated alkanes) is 1. The van der Waals surface area contributed by atoms with Crippen molar-refractivity contribution in [2.24, 2.45) is 0 Å². The molecule has 0 aliphatic carbocycles. The molecule has 3 aromatic carbocycles. The van der Waals surface area contributed by atoms with Crippen molar-refractivity contribution in [2.75, 3.05) is 18.5 Å². The molecule has 2 aliphatic rings. The maximum Gasteiger partial charge on any atom is 0.429 e. The van der Waals surface area contributed by atoms with E-state index in [4.69, 9.17) is 4.74 Å². The van der Waals surface area contributed by atoms with Gasteiger partial charge in [0.25, 0.3) is 0 Å². The van der Waals surface area contributed by atoms with E-state index in [9.17, 15) is 31.5 Å². The molecule has 1 N–H and O–H groups in total. The highest BCUT2D eigenvalue weighted by Gasteiger charge is 2.48. The monoisotopic (exact) mass is 560 g/mol. The highest BCUT2D eigenvalue weighted by molar-refractivity contribution is 7.89. The first-order valence-electron chi connectivity index (χ1n) is 12.5. The van der Waals surface area contributed by atoms with E-state index in [1.165, 1.54) is 23.5 Å². The van der Waals surface area contributed by atoms with Crippen molar-refractivity contribution in [1.29, 1.82) is 0 Å². The number of carboxylic acids is 1. The molecule has 206 valence electrons. The lowest BCUT2D eigenvalue weighted by Crippen LogP contribution is -2.40. The lowest BCUT2D eigenvalue weighted by molar-refractivity contribution is -0.198. The number of halogens is 3. The Bertz CT molecular complexity index is 1530. The van der Waals surface area contributed by atoms with Crippen LogP contribution in [0.3, 0.4) is 0 Å². The fourth-order valence-corrected chi connectivity index (χ4v) is 6.78. The topological polar surface area (TPSA) is 87.2 Å². The molecule has 0 saturated carbocycles. The molecule has 0 aromatic heterocycles. The molecule has 2 heterocycles. The van der Waals surface area contributed by atoms with Gasteiger partial charge in [-0.3, -0.25) is 0 Å². The van der Waals surface area contributed by atoms with Gasteiger partial charge in [-0.25, -0.2) is 13.2 Å². The van der Waals surface area contributed by atoms with Crippen molar-refractivity contribution in [3.8, 4) is 16.9 Å². The molecule has 0 unspecified atom stereocenters. The van der Waals surface area contributed by atoms with Crippen LogP contribution in [0.15, 0.2) is 65.6 Å². The van der Waals surface area contributed by atoms with Crippen molar-refractivity contribution >= 4 is 27.4 Å². The largest absolute Gasteiger partial charge is 0.478 e. The third-order valence-electron chi connectivity index (χ3n) is 7.29. The van der Waals surface area contributed by atoms with Gasteiger partial charge in [0.2, 0.25) is 16.1 Å². The minimum absolute atomic E-state index is 0.0304. The second-order valence-corrected chi connectivity index (χ2v) is 11.7. The molecule has 2 atom stereocenters. The summed E-state index contributed by atoms with van der Waals surface area (Å²) >= 11 is 0. The summed E-state index contributed by atoms with van der Waals surface area (Å²) in [6.45, 7) is 2.30. The third-order valence-corrected chi connectivity index (χ3v) is 9.23. The lowest BCUT2D eigenvalue weighted by atomic mass is 9.90. The Hall–Kier alpha value is -3.57. The Kier molecular flexibility index (Phi) is 6.84. The highest BCUT2D eigenvalue weighted by Crippen LogP contribution is 2.52. The van der Waals surface area contributed by atoms with Crippen molar-refractivity contribution in [3.63, 3.8) is 0 Å². The molecule has 2 aliphatic heterocycles. The van der Waals surface area contributed by atoms with E-state index in [0.717, 1.165) is 31.0 Å². The zero-order valence-corrected chi connectivity index (χ0v) is 22.1. The fraction of sp³-hybridized carbons (Fsp3) is 0.321. The normalized spacial score (nSPS) is 20.3. The van der Waals surface area contributed by atoms with E-state index in [0.29, 0.717) is 12.1 Å². The lowest BCUT2D eigenvalue weighted by Gasteiger charge is -2.32. The predicted molar refractivity (Wildman–Crippen MR) is 140 cm³/mol. The number of benzene rings is 3. The van der Waals surface area contributed by atoms with Gasteiger partial charge in [-0.05, 0) is 42.3 Å². The molecule has 5 rings (SSSR count). The number of alkyl halides is 3. The summed E-state index contributed by atoms with van der Waals surface area (Å²) in [5, 5.41) is 9.51. The number of carboxylic acid groups (broad SMARTS) is 1. The Morgan fingerprint density at radius 2 is 1.79 bits per heavy atom. The molecule has 39 heavy (non-hydrogen) atoms. The Labute approximate surface area is 224 Å². The second kappa shape index (κ2) is 9.87. The van der Waals surface area contributed by atoms with Gasteiger partial charge in [0.15, 0.2) is 0 Å². The van der Waals surface area contributed by atoms with Crippen LogP contribution in [0.25, 0.3) is 11.1 Å².